The van der Waals surface area contributed by atoms with Crippen LogP contribution in [0.3, 0.4) is 0 Å². The van der Waals surface area contributed by atoms with E-state index in [1.165, 1.54) is 5.56 Å². The lowest BCUT2D eigenvalue weighted by atomic mass is 10.1. The average Bonchev–Trinajstić information content (AvgIpc) is 2.30. The Morgan fingerprint density at radius 2 is 1.63 bits per heavy atom. The van der Waals surface area contributed by atoms with Crippen LogP contribution >= 0.6 is 0 Å². The lowest BCUT2D eigenvalue weighted by Crippen LogP contribution is -2.41. The maximum atomic E-state index is 8.63. The molecular formula is C16H25NOSi. The van der Waals surface area contributed by atoms with Crippen LogP contribution in [-0.2, 0) is 17.3 Å². The molecule has 0 aromatic heterocycles. The fourth-order valence-electron chi connectivity index (χ4n) is 1.56. The molecule has 1 rings (SSSR count). The topological polar surface area (TPSA) is 33.0 Å². The molecule has 1 aromatic carbocycles. The highest BCUT2D eigenvalue weighted by atomic mass is 28.4. The average molecular weight is 275 g/mol. The van der Waals surface area contributed by atoms with Crippen molar-refractivity contribution in [3.8, 4) is 6.07 Å². The molecule has 0 aliphatic heterocycles. The Hall–Kier alpha value is -1.11. The maximum absolute atomic E-state index is 8.63. The third-order valence-electron chi connectivity index (χ3n) is 3.97. The van der Waals surface area contributed by atoms with Crippen LogP contribution in [0.1, 0.15) is 31.9 Å². The molecule has 0 radical (unpaired) electrons. The smallest absolute Gasteiger partial charge is 0.191 e. The summed E-state index contributed by atoms with van der Waals surface area (Å²) in [6.07, 6.45) is 1.43. The summed E-state index contributed by atoms with van der Waals surface area (Å²) < 4.78 is 6.16. The third-order valence-corrected chi connectivity index (χ3v) is 8.50. The molecule has 3 heteroatoms. The summed E-state index contributed by atoms with van der Waals surface area (Å²) in [7, 11) is -1.63. The quantitative estimate of drug-likeness (QED) is 0.750. The maximum Gasteiger partial charge on any atom is 0.191 e. The van der Waals surface area contributed by atoms with Crippen molar-refractivity contribution >= 4 is 8.32 Å². The first-order valence-corrected chi connectivity index (χ1v) is 9.76. The van der Waals surface area contributed by atoms with E-state index in [-0.39, 0.29) is 5.04 Å². The molecule has 0 aliphatic carbocycles. The largest absolute Gasteiger partial charge is 0.416 e. The minimum absolute atomic E-state index is 0.268. The van der Waals surface area contributed by atoms with Crippen LogP contribution < -0.4 is 0 Å². The van der Waals surface area contributed by atoms with Gasteiger partial charge in [0.25, 0.3) is 0 Å². The Bertz CT molecular complexity index is 437. The molecule has 0 fully saturated rings. The summed E-state index contributed by atoms with van der Waals surface area (Å²) in [5.74, 6) is 0. The van der Waals surface area contributed by atoms with Gasteiger partial charge in [0.1, 0.15) is 0 Å². The SMILES string of the molecule is CC(C)(C)[Si](C)(C)OCCc1ccc(CC#N)cc1. The Morgan fingerprint density at radius 1 is 1.11 bits per heavy atom. The Morgan fingerprint density at radius 3 is 2.11 bits per heavy atom. The Kier molecular flexibility index (Phi) is 5.34. The Labute approximate surface area is 118 Å². The second-order valence-electron chi connectivity index (χ2n) is 6.51. The van der Waals surface area contributed by atoms with Gasteiger partial charge < -0.3 is 4.43 Å². The molecule has 0 spiro atoms. The summed E-state index contributed by atoms with van der Waals surface area (Å²) in [6.45, 7) is 12.1. The molecule has 0 N–H and O–H groups in total. The summed E-state index contributed by atoms with van der Waals surface area (Å²) in [5, 5.41) is 8.90. The van der Waals surface area contributed by atoms with Crippen molar-refractivity contribution in [2.24, 2.45) is 0 Å². The first kappa shape index (κ1) is 15.9. The lowest BCUT2D eigenvalue weighted by molar-refractivity contribution is 0.292. The van der Waals surface area contributed by atoms with E-state index >= 15 is 0 Å². The van der Waals surface area contributed by atoms with Crippen molar-refractivity contribution in [1.29, 1.82) is 5.26 Å². The number of nitriles is 1. The molecule has 19 heavy (non-hydrogen) atoms. The van der Waals surface area contributed by atoms with E-state index in [4.69, 9.17) is 9.69 Å². The second-order valence-corrected chi connectivity index (χ2v) is 11.3. The highest BCUT2D eigenvalue weighted by Crippen LogP contribution is 2.36. The zero-order chi connectivity index (χ0) is 14.5. The van der Waals surface area contributed by atoms with Crippen molar-refractivity contribution in [3.63, 3.8) is 0 Å². The van der Waals surface area contributed by atoms with Gasteiger partial charge in [-0.25, -0.2) is 0 Å². The van der Waals surface area contributed by atoms with E-state index in [1.807, 2.05) is 12.1 Å². The van der Waals surface area contributed by atoms with E-state index in [9.17, 15) is 0 Å². The molecule has 104 valence electrons. The molecule has 0 amide bonds. The fourth-order valence-corrected chi connectivity index (χ4v) is 2.60. The lowest BCUT2D eigenvalue weighted by Gasteiger charge is -2.36. The van der Waals surface area contributed by atoms with E-state index in [0.717, 1.165) is 18.6 Å². The van der Waals surface area contributed by atoms with Crippen LogP contribution in [0.25, 0.3) is 0 Å². The normalized spacial score (nSPS) is 12.2. The van der Waals surface area contributed by atoms with Gasteiger partial charge in [-0.15, -0.1) is 0 Å². The van der Waals surface area contributed by atoms with Crippen LogP contribution in [0.2, 0.25) is 18.1 Å². The van der Waals surface area contributed by atoms with E-state index in [0.29, 0.717) is 6.42 Å². The molecule has 2 nitrogen and oxygen atoms in total. The number of benzene rings is 1. The van der Waals surface area contributed by atoms with Gasteiger partial charge in [0.05, 0.1) is 12.5 Å². The van der Waals surface area contributed by atoms with Crippen molar-refractivity contribution < 1.29 is 4.43 Å². The van der Waals surface area contributed by atoms with Crippen LogP contribution in [0.4, 0.5) is 0 Å². The number of hydrogen-bond acceptors (Lipinski definition) is 2. The second kappa shape index (κ2) is 6.36. The first-order chi connectivity index (χ1) is 8.76. The predicted octanol–water partition coefficient (Wildman–Crippen LogP) is 4.32. The zero-order valence-electron chi connectivity index (χ0n) is 12.8. The van der Waals surface area contributed by atoms with Gasteiger partial charge in [0, 0.05) is 6.61 Å². The number of hydrogen-bond donors (Lipinski definition) is 0. The van der Waals surface area contributed by atoms with Gasteiger partial charge in [-0.1, -0.05) is 45.0 Å². The number of rotatable bonds is 5. The molecule has 0 unspecified atom stereocenters. The monoisotopic (exact) mass is 275 g/mol. The van der Waals surface area contributed by atoms with Gasteiger partial charge in [-0.3, -0.25) is 0 Å². The summed E-state index contributed by atoms with van der Waals surface area (Å²) in [6, 6.07) is 10.4. The van der Waals surface area contributed by atoms with Crippen LogP contribution in [0.15, 0.2) is 24.3 Å². The molecular weight excluding hydrogens is 250 g/mol. The number of nitrogens with zero attached hydrogens (tertiary/aromatic N) is 1. The predicted molar refractivity (Wildman–Crippen MR) is 82.6 cm³/mol. The molecule has 0 saturated heterocycles. The first-order valence-electron chi connectivity index (χ1n) is 6.85. The zero-order valence-corrected chi connectivity index (χ0v) is 13.8. The van der Waals surface area contributed by atoms with E-state index in [2.05, 4.69) is 52.1 Å². The summed E-state index contributed by atoms with van der Waals surface area (Å²) >= 11 is 0. The highest BCUT2D eigenvalue weighted by molar-refractivity contribution is 6.74. The molecule has 0 heterocycles. The fraction of sp³-hybridized carbons (Fsp3) is 0.562. The van der Waals surface area contributed by atoms with Gasteiger partial charge in [-0.2, -0.15) is 5.26 Å². The highest BCUT2D eigenvalue weighted by Gasteiger charge is 2.36. The molecule has 0 atom stereocenters. The van der Waals surface area contributed by atoms with E-state index < -0.39 is 8.32 Å². The molecule has 0 bridgehead atoms. The van der Waals surface area contributed by atoms with Crippen LogP contribution in [0.5, 0.6) is 0 Å². The van der Waals surface area contributed by atoms with Crippen LogP contribution in [0, 0.1) is 11.3 Å². The van der Waals surface area contributed by atoms with E-state index in [1.54, 1.807) is 0 Å². The van der Waals surface area contributed by atoms with Gasteiger partial charge in [0.15, 0.2) is 8.32 Å². The molecule has 0 saturated carbocycles. The van der Waals surface area contributed by atoms with Gasteiger partial charge >= 0.3 is 0 Å². The standard InChI is InChI=1S/C16H25NOSi/c1-16(2,3)19(4,5)18-13-11-15-8-6-14(7-9-15)10-12-17/h6-9H,10-11,13H2,1-5H3. The van der Waals surface area contributed by atoms with Gasteiger partial charge in [-0.05, 0) is 35.7 Å². The molecule has 1 aromatic rings. The van der Waals surface area contributed by atoms with Gasteiger partial charge in [0.2, 0.25) is 0 Å². The summed E-state index contributed by atoms with van der Waals surface area (Å²) in [4.78, 5) is 0. The minimum Gasteiger partial charge on any atom is -0.416 e. The van der Waals surface area contributed by atoms with Crippen molar-refractivity contribution in [3.05, 3.63) is 35.4 Å². The Balaban J connectivity index is 2.48. The third kappa shape index (κ3) is 4.81. The van der Waals surface area contributed by atoms with Crippen LogP contribution in [-0.4, -0.2) is 14.9 Å². The van der Waals surface area contributed by atoms with Crippen molar-refractivity contribution in [2.45, 2.75) is 51.7 Å². The summed E-state index contributed by atoms with van der Waals surface area (Å²) in [5.41, 5.74) is 2.36. The van der Waals surface area contributed by atoms with Crippen molar-refractivity contribution in [1.82, 2.24) is 0 Å². The minimum atomic E-state index is -1.63. The molecule has 0 aliphatic rings. The van der Waals surface area contributed by atoms with Crippen molar-refractivity contribution in [2.75, 3.05) is 6.61 Å².